The van der Waals surface area contributed by atoms with Gasteiger partial charge in [-0.3, -0.25) is 0 Å². The predicted octanol–water partition coefficient (Wildman–Crippen LogP) is 3.92. The van der Waals surface area contributed by atoms with E-state index in [1.165, 1.54) is 5.56 Å². The molecule has 1 rings (SSSR count). The number of ether oxygens (including phenoxy) is 1. The normalized spacial score (nSPS) is 11.6. The highest BCUT2D eigenvalue weighted by atomic mass is 16.5. The molecule has 18 heavy (non-hydrogen) atoms. The van der Waals surface area contributed by atoms with Gasteiger partial charge in [-0.25, -0.2) is 0 Å². The van der Waals surface area contributed by atoms with E-state index < -0.39 is 0 Å². The zero-order valence-corrected chi connectivity index (χ0v) is 12.0. The quantitative estimate of drug-likeness (QED) is 0.709. The average molecular weight is 249 g/mol. The summed E-state index contributed by atoms with van der Waals surface area (Å²) in [4.78, 5) is 0. The molecule has 0 aromatic heterocycles. The molecule has 0 aliphatic heterocycles. The molecule has 0 atom stereocenters. The summed E-state index contributed by atoms with van der Waals surface area (Å²) in [6, 6.07) is 8.17. The van der Waals surface area contributed by atoms with E-state index in [1.807, 2.05) is 18.2 Å². The molecule has 2 heteroatoms. The van der Waals surface area contributed by atoms with Gasteiger partial charge < -0.3 is 10.5 Å². The summed E-state index contributed by atoms with van der Waals surface area (Å²) >= 11 is 0. The fraction of sp³-hybridized carbons (Fsp3) is 0.625. The minimum Gasteiger partial charge on any atom is -0.493 e. The number of rotatable bonds is 8. The molecular weight excluding hydrogens is 222 g/mol. The molecule has 102 valence electrons. The molecule has 0 unspecified atom stereocenters. The van der Waals surface area contributed by atoms with Gasteiger partial charge in [0.1, 0.15) is 5.75 Å². The van der Waals surface area contributed by atoms with Crippen LogP contribution in [0.15, 0.2) is 24.3 Å². The van der Waals surface area contributed by atoms with Crippen LogP contribution in [0.25, 0.3) is 0 Å². The van der Waals surface area contributed by atoms with Crippen molar-refractivity contribution in [2.45, 2.75) is 46.5 Å². The van der Waals surface area contributed by atoms with Crippen molar-refractivity contribution in [1.29, 1.82) is 0 Å². The monoisotopic (exact) mass is 249 g/mol. The van der Waals surface area contributed by atoms with E-state index >= 15 is 0 Å². The van der Waals surface area contributed by atoms with E-state index in [9.17, 15) is 0 Å². The third kappa shape index (κ3) is 4.02. The first-order valence-electron chi connectivity index (χ1n) is 7.06. The third-order valence-corrected chi connectivity index (χ3v) is 4.14. The lowest BCUT2D eigenvalue weighted by atomic mass is 9.78. The molecule has 0 fully saturated rings. The van der Waals surface area contributed by atoms with Crippen molar-refractivity contribution in [3.05, 3.63) is 29.8 Å². The van der Waals surface area contributed by atoms with Crippen LogP contribution in [-0.4, -0.2) is 13.2 Å². The summed E-state index contributed by atoms with van der Waals surface area (Å²) < 4.78 is 5.82. The molecule has 0 radical (unpaired) electrons. The molecule has 0 spiro atoms. The fourth-order valence-corrected chi connectivity index (χ4v) is 2.34. The van der Waals surface area contributed by atoms with Crippen LogP contribution in [-0.2, 0) is 0 Å². The fourth-order valence-electron chi connectivity index (χ4n) is 2.34. The number of nitrogens with two attached hydrogens (primary N) is 1. The van der Waals surface area contributed by atoms with Crippen molar-refractivity contribution in [3.8, 4) is 5.75 Å². The maximum Gasteiger partial charge on any atom is 0.122 e. The highest BCUT2D eigenvalue weighted by Crippen LogP contribution is 2.30. The lowest BCUT2D eigenvalue weighted by Gasteiger charge is -2.30. The van der Waals surface area contributed by atoms with Gasteiger partial charge in [0.25, 0.3) is 0 Å². The van der Waals surface area contributed by atoms with Crippen molar-refractivity contribution in [2.24, 2.45) is 11.1 Å². The summed E-state index contributed by atoms with van der Waals surface area (Å²) in [5.41, 5.74) is 7.42. The minimum absolute atomic E-state index is 0.315. The van der Waals surface area contributed by atoms with Crippen molar-refractivity contribution >= 4 is 0 Å². The Labute approximate surface area is 112 Å². The number of hydrogen-bond donors (Lipinski definition) is 1. The Morgan fingerprint density at radius 2 is 1.83 bits per heavy atom. The van der Waals surface area contributed by atoms with Crippen LogP contribution >= 0.6 is 0 Å². The largest absolute Gasteiger partial charge is 0.493 e. The first kappa shape index (κ1) is 15.0. The number of para-hydroxylation sites is 1. The van der Waals surface area contributed by atoms with Crippen molar-refractivity contribution in [3.63, 3.8) is 0 Å². The molecule has 2 nitrogen and oxygen atoms in total. The Balaban J connectivity index is 2.37. The SMILES string of the molecule is CCC(CC)(CN)CCCOc1ccccc1C. The third-order valence-electron chi connectivity index (χ3n) is 4.14. The molecule has 0 aliphatic rings. The molecular formula is C16H27NO. The van der Waals surface area contributed by atoms with E-state index in [2.05, 4.69) is 26.8 Å². The first-order chi connectivity index (χ1) is 8.67. The molecule has 2 N–H and O–H groups in total. The number of benzene rings is 1. The van der Waals surface area contributed by atoms with Crippen LogP contribution in [0, 0.1) is 12.3 Å². The molecule has 1 aromatic carbocycles. The van der Waals surface area contributed by atoms with E-state index in [-0.39, 0.29) is 0 Å². The van der Waals surface area contributed by atoms with Gasteiger partial charge in [0.05, 0.1) is 6.61 Å². The Hall–Kier alpha value is -1.02. The van der Waals surface area contributed by atoms with Gasteiger partial charge in [-0.15, -0.1) is 0 Å². The van der Waals surface area contributed by atoms with Crippen LogP contribution in [0.2, 0.25) is 0 Å². The second kappa shape index (κ2) is 7.42. The highest BCUT2D eigenvalue weighted by Gasteiger charge is 2.23. The van der Waals surface area contributed by atoms with E-state index in [4.69, 9.17) is 10.5 Å². The standard InChI is InChI=1S/C16H27NO/c1-4-16(5-2,13-17)11-8-12-18-15-10-7-6-9-14(15)3/h6-7,9-10H,4-5,8,11-13,17H2,1-3H3. The van der Waals surface area contributed by atoms with Crippen LogP contribution in [0.5, 0.6) is 5.75 Å². The van der Waals surface area contributed by atoms with E-state index in [1.54, 1.807) is 0 Å². The van der Waals surface area contributed by atoms with Gasteiger partial charge in [0.2, 0.25) is 0 Å². The summed E-state index contributed by atoms with van der Waals surface area (Å²) in [6.45, 7) is 8.12. The Bertz CT molecular complexity index is 336. The predicted molar refractivity (Wildman–Crippen MR) is 78.0 cm³/mol. The maximum atomic E-state index is 5.91. The lowest BCUT2D eigenvalue weighted by molar-refractivity contribution is 0.213. The van der Waals surface area contributed by atoms with Crippen LogP contribution in [0.3, 0.4) is 0 Å². The second-order valence-corrected chi connectivity index (χ2v) is 5.13. The number of hydrogen-bond acceptors (Lipinski definition) is 2. The smallest absolute Gasteiger partial charge is 0.122 e. The average Bonchev–Trinajstić information content (AvgIpc) is 2.42. The van der Waals surface area contributed by atoms with E-state index in [0.717, 1.165) is 44.6 Å². The molecule has 0 saturated heterocycles. The molecule has 0 aliphatic carbocycles. The highest BCUT2D eigenvalue weighted by molar-refractivity contribution is 5.31. The molecule has 0 amide bonds. The molecule has 0 heterocycles. The summed E-state index contributed by atoms with van der Waals surface area (Å²) in [5, 5.41) is 0. The molecule has 1 aromatic rings. The molecule has 0 bridgehead atoms. The van der Waals surface area contributed by atoms with Gasteiger partial charge in [0, 0.05) is 0 Å². The van der Waals surface area contributed by atoms with Gasteiger partial charge in [-0.05, 0) is 56.2 Å². The van der Waals surface area contributed by atoms with E-state index in [0.29, 0.717) is 5.41 Å². The summed E-state index contributed by atoms with van der Waals surface area (Å²) in [5.74, 6) is 1.00. The van der Waals surface area contributed by atoms with Crippen molar-refractivity contribution in [1.82, 2.24) is 0 Å². The van der Waals surface area contributed by atoms with Crippen molar-refractivity contribution in [2.75, 3.05) is 13.2 Å². The van der Waals surface area contributed by atoms with Gasteiger partial charge >= 0.3 is 0 Å². The minimum atomic E-state index is 0.315. The summed E-state index contributed by atoms with van der Waals surface area (Å²) in [6.07, 6.45) is 4.55. The maximum absolute atomic E-state index is 5.91. The molecule has 0 saturated carbocycles. The van der Waals surface area contributed by atoms with Gasteiger partial charge in [0.15, 0.2) is 0 Å². The first-order valence-corrected chi connectivity index (χ1v) is 7.06. The van der Waals surface area contributed by atoms with Crippen LogP contribution in [0.4, 0.5) is 0 Å². The second-order valence-electron chi connectivity index (χ2n) is 5.13. The van der Waals surface area contributed by atoms with Gasteiger partial charge in [-0.2, -0.15) is 0 Å². The lowest BCUT2D eigenvalue weighted by Crippen LogP contribution is -2.29. The Morgan fingerprint density at radius 3 is 2.39 bits per heavy atom. The zero-order valence-electron chi connectivity index (χ0n) is 12.0. The zero-order chi connectivity index (χ0) is 13.4. The summed E-state index contributed by atoms with van der Waals surface area (Å²) in [7, 11) is 0. The van der Waals surface area contributed by atoms with Crippen LogP contribution in [0.1, 0.15) is 45.1 Å². The Morgan fingerprint density at radius 1 is 1.17 bits per heavy atom. The van der Waals surface area contributed by atoms with Gasteiger partial charge in [-0.1, -0.05) is 32.0 Å². The van der Waals surface area contributed by atoms with Crippen LogP contribution < -0.4 is 10.5 Å². The Kier molecular flexibility index (Phi) is 6.20. The van der Waals surface area contributed by atoms with Crippen molar-refractivity contribution < 1.29 is 4.74 Å². The topological polar surface area (TPSA) is 35.2 Å². The number of aryl methyl sites for hydroxylation is 1.